The van der Waals surface area contributed by atoms with Gasteiger partial charge in [0.25, 0.3) is 0 Å². The highest BCUT2D eigenvalue weighted by molar-refractivity contribution is 5.53. The number of rotatable bonds is 6. The Morgan fingerprint density at radius 1 is 1.20 bits per heavy atom. The molecule has 0 saturated heterocycles. The van der Waals surface area contributed by atoms with E-state index in [9.17, 15) is 0 Å². The number of nitrogens with one attached hydrogen (secondary N) is 1. The van der Waals surface area contributed by atoms with E-state index in [0.717, 1.165) is 24.6 Å². The number of nitrogens with zero attached hydrogens (tertiary/aromatic N) is 2. The van der Waals surface area contributed by atoms with Gasteiger partial charge in [-0.2, -0.15) is 0 Å². The fraction of sp³-hybridized carbons (Fsp3) is 0.500. The fourth-order valence-electron chi connectivity index (χ4n) is 2.15. The van der Waals surface area contributed by atoms with Crippen molar-refractivity contribution in [1.82, 2.24) is 15.5 Å². The first kappa shape index (κ1) is 13.3. The molecule has 3 rings (SSSR count). The monoisotopic (exact) mass is 271 g/mol. The Morgan fingerprint density at radius 3 is 2.60 bits per heavy atom. The summed E-state index contributed by atoms with van der Waals surface area (Å²) in [5.41, 5.74) is 2.31. The number of aromatic nitrogens is 2. The quantitative estimate of drug-likeness (QED) is 0.877. The van der Waals surface area contributed by atoms with Crippen LogP contribution >= 0.6 is 0 Å². The number of hydrogen-bond acceptors (Lipinski definition) is 4. The Bertz CT molecular complexity index is 555. The summed E-state index contributed by atoms with van der Waals surface area (Å²) in [5.74, 6) is 1.86. The van der Waals surface area contributed by atoms with Crippen LogP contribution in [0.5, 0.6) is 0 Å². The van der Waals surface area contributed by atoms with Gasteiger partial charge in [-0.05, 0) is 36.5 Å². The third kappa shape index (κ3) is 3.25. The Hall–Kier alpha value is -1.68. The highest BCUT2D eigenvalue weighted by Gasteiger charge is 2.20. The van der Waals surface area contributed by atoms with Crippen LogP contribution in [0.1, 0.15) is 44.1 Å². The van der Waals surface area contributed by atoms with Crippen molar-refractivity contribution in [2.24, 2.45) is 0 Å². The molecule has 1 fully saturated rings. The van der Waals surface area contributed by atoms with Gasteiger partial charge in [-0.3, -0.25) is 0 Å². The molecular formula is C16H21N3O. The van der Waals surface area contributed by atoms with Crippen molar-refractivity contribution in [3.05, 3.63) is 35.7 Å². The molecule has 0 amide bonds. The molecule has 0 spiro atoms. The van der Waals surface area contributed by atoms with E-state index >= 15 is 0 Å². The van der Waals surface area contributed by atoms with Gasteiger partial charge in [-0.25, -0.2) is 0 Å². The lowest BCUT2D eigenvalue weighted by Gasteiger charge is -2.04. The van der Waals surface area contributed by atoms with Gasteiger partial charge < -0.3 is 9.73 Å². The van der Waals surface area contributed by atoms with Gasteiger partial charge >= 0.3 is 0 Å². The Kier molecular flexibility index (Phi) is 3.83. The van der Waals surface area contributed by atoms with Crippen LogP contribution in [0.3, 0.4) is 0 Å². The van der Waals surface area contributed by atoms with Gasteiger partial charge in [0, 0.05) is 24.6 Å². The molecule has 0 unspecified atom stereocenters. The molecule has 106 valence electrons. The summed E-state index contributed by atoms with van der Waals surface area (Å²) in [6, 6.07) is 9.07. The lowest BCUT2D eigenvalue weighted by Crippen LogP contribution is -2.19. The summed E-state index contributed by atoms with van der Waals surface area (Å²) in [6.07, 6.45) is 3.40. The molecule has 1 saturated carbocycles. The van der Waals surface area contributed by atoms with Crippen LogP contribution in [0.15, 0.2) is 28.7 Å². The predicted octanol–water partition coefficient (Wildman–Crippen LogP) is 3.15. The normalized spacial score (nSPS) is 14.9. The maximum atomic E-state index is 5.71. The topological polar surface area (TPSA) is 51.0 Å². The molecule has 0 aliphatic heterocycles. The van der Waals surface area contributed by atoms with Crippen molar-refractivity contribution in [1.29, 1.82) is 0 Å². The van der Waals surface area contributed by atoms with Crippen molar-refractivity contribution in [3.8, 4) is 11.5 Å². The third-order valence-electron chi connectivity index (χ3n) is 3.64. The zero-order chi connectivity index (χ0) is 13.9. The third-order valence-corrected chi connectivity index (χ3v) is 3.64. The van der Waals surface area contributed by atoms with E-state index in [1.165, 1.54) is 18.4 Å². The maximum Gasteiger partial charge on any atom is 0.247 e. The lowest BCUT2D eigenvalue weighted by molar-refractivity contribution is 0.494. The Balaban J connectivity index is 1.62. The molecule has 4 heteroatoms. The average molecular weight is 271 g/mol. The predicted molar refractivity (Wildman–Crippen MR) is 78.6 cm³/mol. The average Bonchev–Trinajstić information content (AvgIpc) is 3.15. The van der Waals surface area contributed by atoms with Crippen LogP contribution in [0, 0.1) is 0 Å². The summed E-state index contributed by atoms with van der Waals surface area (Å²) >= 11 is 0. The van der Waals surface area contributed by atoms with E-state index < -0.39 is 0 Å². The van der Waals surface area contributed by atoms with Crippen LogP contribution in [0.4, 0.5) is 0 Å². The molecule has 20 heavy (non-hydrogen) atoms. The van der Waals surface area contributed by atoms with Crippen molar-refractivity contribution in [2.75, 3.05) is 6.54 Å². The van der Waals surface area contributed by atoms with Crippen LogP contribution in [-0.4, -0.2) is 22.8 Å². The molecule has 1 heterocycles. The van der Waals surface area contributed by atoms with Crippen LogP contribution in [0.2, 0.25) is 0 Å². The SMILES string of the molecule is CC(C)c1ccc(-c2nnc(CCNC3CC3)o2)cc1. The first-order valence-electron chi connectivity index (χ1n) is 7.38. The molecule has 1 aromatic carbocycles. The zero-order valence-electron chi connectivity index (χ0n) is 12.1. The summed E-state index contributed by atoms with van der Waals surface area (Å²) in [4.78, 5) is 0. The molecule has 1 N–H and O–H groups in total. The van der Waals surface area contributed by atoms with Gasteiger partial charge in [0.2, 0.25) is 11.8 Å². The standard InChI is InChI=1S/C16H21N3O/c1-11(2)12-3-5-13(6-4-12)16-19-18-15(20-16)9-10-17-14-7-8-14/h3-6,11,14,17H,7-10H2,1-2H3. The maximum absolute atomic E-state index is 5.71. The van der Waals surface area contributed by atoms with E-state index in [1.807, 2.05) is 0 Å². The van der Waals surface area contributed by atoms with Crippen molar-refractivity contribution >= 4 is 0 Å². The Morgan fingerprint density at radius 2 is 1.95 bits per heavy atom. The molecule has 2 aromatic rings. The molecule has 1 aromatic heterocycles. The van der Waals surface area contributed by atoms with Crippen LogP contribution in [-0.2, 0) is 6.42 Å². The van der Waals surface area contributed by atoms with Crippen LogP contribution in [0.25, 0.3) is 11.5 Å². The summed E-state index contributed by atoms with van der Waals surface area (Å²) in [5, 5.41) is 11.7. The van der Waals surface area contributed by atoms with E-state index in [0.29, 0.717) is 17.7 Å². The van der Waals surface area contributed by atoms with E-state index in [2.05, 4.69) is 53.6 Å². The summed E-state index contributed by atoms with van der Waals surface area (Å²) in [6.45, 7) is 5.29. The fourth-order valence-corrected chi connectivity index (χ4v) is 2.15. The van der Waals surface area contributed by atoms with Crippen molar-refractivity contribution in [3.63, 3.8) is 0 Å². The first-order valence-corrected chi connectivity index (χ1v) is 7.38. The minimum atomic E-state index is 0.538. The summed E-state index contributed by atoms with van der Waals surface area (Å²) < 4.78 is 5.71. The van der Waals surface area contributed by atoms with E-state index in [1.54, 1.807) is 0 Å². The van der Waals surface area contributed by atoms with Gasteiger partial charge in [-0.1, -0.05) is 26.0 Å². The van der Waals surface area contributed by atoms with Gasteiger partial charge in [0.1, 0.15) is 0 Å². The second kappa shape index (κ2) is 5.75. The van der Waals surface area contributed by atoms with Crippen LogP contribution < -0.4 is 5.32 Å². The summed E-state index contributed by atoms with van der Waals surface area (Å²) in [7, 11) is 0. The molecule has 0 bridgehead atoms. The molecule has 1 aliphatic rings. The zero-order valence-corrected chi connectivity index (χ0v) is 12.1. The lowest BCUT2D eigenvalue weighted by atomic mass is 10.0. The minimum absolute atomic E-state index is 0.538. The Labute approximate surface area is 119 Å². The second-order valence-electron chi connectivity index (χ2n) is 5.76. The van der Waals surface area contributed by atoms with Crippen molar-refractivity contribution < 1.29 is 4.42 Å². The number of benzene rings is 1. The van der Waals surface area contributed by atoms with Gasteiger partial charge in [0.05, 0.1) is 0 Å². The molecule has 0 radical (unpaired) electrons. The molecule has 4 nitrogen and oxygen atoms in total. The van der Waals surface area contributed by atoms with E-state index in [4.69, 9.17) is 4.42 Å². The minimum Gasteiger partial charge on any atom is -0.421 e. The molecule has 1 aliphatic carbocycles. The molecular weight excluding hydrogens is 250 g/mol. The largest absolute Gasteiger partial charge is 0.421 e. The number of hydrogen-bond donors (Lipinski definition) is 1. The smallest absolute Gasteiger partial charge is 0.247 e. The highest BCUT2D eigenvalue weighted by Crippen LogP contribution is 2.22. The van der Waals surface area contributed by atoms with Gasteiger partial charge in [-0.15, -0.1) is 10.2 Å². The van der Waals surface area contributed by atoms with E-state index in [-0.39, 0.29) is 0 Å². The highest BCUT2D eigenvalue weighted by atomic mass is 16.4. The molecule has 0 atom stereocenters. The first-order chi connectivity index (χ1) is 9.72. The second-order valence-corrected chi connectivity index (χ2v) is 5.76. The van der Waals surface area contributed by atoms with Crippen molar-refractivity contribution in [2.45, 2.75) is 45.1 Å². The van der Waals surface area contributed by atoms with Gasteiger partial charge in [0.15, 0.2) is 0 Å².